The van der Waals surface area contributed by atoms with Crippen LogP contribution in [0.3, 0.4) is 0 Å². The molecule has 0 radical (unpaired) electrons. The summed E-state index contributed by atoms with van der Waals surface area (Å²) in [7, 11) is 5.34. The molecule has 1 aromatic rings. The van der Waals surface area contributed by atoms with Gasteiger partial charge in [0.15, 0.2) is 0 Å². The predicted molar refractivity (Wildman–Crippen MR) is 85.4 cm³/mol. The molecule has 0 aliphatic carbocycles. The lowest BCUT2D eigenvalue weighted by atomic mass is 10.0. The quantitative estimate of drug-likeness (QED) is 0.751. The van der Waals surface area contributed by atoms with Crippen molar-refractivity contribution in [2.24, 2.45) is 5.73 Å². The van der Waals surface area contributed by atoms with Crippen LogP contribution in [0.1, 0.15) is 18.9 Å². The number of likely N-dealkylation sites (N-methyl/N-ethyl adjacent to an activating group) is 1. The largest absolute Gasteiger partial charge is 0.496 e. The van der Waals surface area contributed by atoms with E-state index in [-0.39, 0.29) is 18.0 Å². The zero-order valence-electron chi connectivity index (χ0n) is 13.4. The number of methoxy groups -OCH3 is 1. The van der Waals surface area contributed by atoms with E-state index in [4.69, 9.17) is 10.5 Å². The van der Waals surface area contributed by atoms with Crippen LogP contribution in [0.15, 0.2) is 24.3 Å². The molecule has 0 heterocycles. The Morgan fingerprint density at radius 1 is 1.43 bits per heavy atom. The molecule has 1 rings (SSSR count). The lowest BCUT2D eigenvalue weighted by Crippen LogP contribution is -2.46. The third kappa shape index (κ3) is 5.02. The number of nitrogens with one attached hydrogen (secondary N) is 1. The summed E-state index contributed by atoms with van der Waals surface area (Å²) >= 11 is 0. The van der Waals surface area contributed by atoms with Crippen molar-refractivity contribution in [3.8, 4) is 5.75 Å². The first-order valence-corrected chi connectivity index (χ1v) is 7.27. The maximum atomic E-state index is 11.6. The molecule has 0 aromatic heterocycles. The van der Waals surface area contributed by atoms with Crippen LogP contribution in [0.5, 0.6) is 5.75 Å². The van der Waals surface area contributed by atoms with Gasteiger partial charge in [0.25, 0.3) is 0 Å². The van der Waals surface area contributed by atoms with Gasteiger partial charge in [0, 0.05) is 32.1 Å². The van der Waals surface area contributed by atoms with Crippen molar-refractivity contribution in [3.05, 3.63) is 29.8 Å². The minimum Gasteiger partial charge on any atom is -0.496 e. The first-order valence-electron chi connectivity index (χ1n) is 7.27. The molecule has 0 aliphatic heterocycles. The molecule has 2 unspecified atom stereocenters. The monoisotopic (exact) mass is 293 g/mol. The van der Waals surface area contributed by atoms with Gasteiger partial charge in [0.05, 0.1) is 7.11 Å². The Hall–Kier alpha value is -1.59. The van der Waals surface area contributed by atoms with Gasteiger partial charge in [0.1, 0.15) is 5.75 Å². The number of ether oxygens (including phenoxy) is 1. The Morgan fingerprint density at radius 2 is 2.10 bits per heavy atom. The first kappa shape index (κ1) is 17.5. The van der Waals surface area contributed by atoms with Crippen LogP contribution in [0, 0.1) is 0 Å². The van der Waals surface area contributed by atoms with Crippen LogP contribution < -0.4 is 15.8 Å². The number of amides is 1. The van der Waals surface area contributed by atoms with Crippen molar-refractivity contribution >= 4 is 5.91 Å². The molecule has 21 heavy (non-hydrogen) atoms. The van der Waals surface area contributed by atoms with E-state index < -0.39 is 0 Å². The molecule has 118 valence electrons. The summed E-state index contributed by atoms with van der Waals surface area (Å²) in [5, 5.41) is 2.65. The molecule has 0 fully saturated rings. The minimum absolute atomic E-state index is 0.0155. The average Bonchev–Trinajstić information content (AvgIpc) is 2.51. The number of nitrogens with zero attached hydrogens (tertiary/aromatic N) is 1. The maximum Gasteiger partial charge on any atom is 0.221 e. The number of nitrogens with two attached hydrogens (primary N) is 1. The summed E-state index contributed by atoms with van der Waals surface area (Å²) in [6.07, 6.45) is 1.27. The Kier molecular flexibility index (Phi) is 7.19. The fourth-order valence-electron chi connectivity index (χ4n) is 2.40. The fourth-order valence-corrected chi connectivity index (χ4v) is 2.40. The zero-order valence-corrected chi connectivity index (χ0v) is 13.4. The molecule has 0 bridgehead atoms. The molecule has 1 aromatic carbocycles. The number of para-hydroxylation sites is 1. The van der Waals surface area contributed by atoms with Gasteiger partial charge in [-0.25, -0.2) is 0 Å². The number of carbonyl (C=O) groups excluding carboxylic acids is 1. The van der Waals surface area contributed by atoms with Crippen molar-refractivity contribution < 1.29 is 9.53 Å². The highest BCUT2D eigenvalue weighted by Gasteiger charge is 2.21. The number of rotatable bonds is 8. The second kappa shape index (κ2) is 8.64. The van der Waals surface area contributed by atoms with E-state index in [1.54, 1.807) is 14.2 Å². The lowest BCUT2D eigenvalue weighted by Gasteiger charge is -2.32. The van der Waals surface area contributed by atoms with Gasteiger partial charge in [0.2, 0.25) is 5.91 Å². The third-order valence-corrected chi connectivity index (χ3v) is 3.95. The van der Waals surface area contributed by atoms with E-state index in [9.17, 15) is 4.79 Å². The van der Waals surface area contributed by atoms with Crippen LogP contribution in [0.25, 0.3) is 0 Å². The average molecular weight is 293 g/mol. The van der Waals surface area contributed by atoms with Crippen LogP contribution in [-0.4, -0.2) is 50.6 Å². The summed E-state index contributed by atoms with van der Waals surface area (Å²) in [5.41, 5.74) is 6.98. The van der Waals surface area contributed by atoms with Crippen molar-refractivity contribution in [2.45, 2.75) is 31.8 Å². The standard InChI is InChI=1S/C16H27N3O2/c1-12(9-13-7-5-6-8-15(13)21-4)19(3)14(11-17)10-16(20)18-2/h5-8,12,14H,9-11,17H2,1-4H3,(H,18,20). The van der Waals surface area contributed by atoms with Crippen LogP contribution >= 0.6 is 0 Å². The van der Waals surface area contributed by atoms with Gasteiger partial charge in [-0.1, -0.05) is 18.2 Å². The molecule has 0 spiro atoms. The van der Waals surface area contributed by atoms with E-state index in [2.05, 4.69) is 23.2 Å². The maximum absolute atomic E-state index is 11.6. The highest BCUT2D eigenvalue weighted by atomic mass is 16.5. The molecular weight excluding hydrogens is 266 g/mol. The van der Waals surface area contributed by atoms with Crippen molar-refractivity contribution in [2.75, 3.05) is 27.7 Å². The van der Waals surface area contributed by atoms with E-state index in [1.165, 1.54) is 0 Å². The van der Waals surface area contributed by atoms with E-state index in [1.807, 2.05) is 25.2 Å². The number of hydrogen-bond acceptors (Lipinski definition) is 4. The van der Waals surface area contributed by atoms with Crippen molar-refractivity contribution in [1.82, 2.24) is 10.2 Å². The molecule has 5 nitrogen and oxygen atoms in total. The molecule has 3 N–H and O–H groups in total. The molecule has 0 saturated heterocycles. The van der Waals surface area contributed by atoms with Gasteiger partial charge in [-0.15, -0.1) is 0 Å². The van der Waals surface area contributed by atoms with Gasteiger partial charge in [-0.2, -0.15) is 0 Å². The SMILES string of the molecule is CNC(=O)CC(CN)N(C)C(C)Cc1ccccc1OC. The molecular formula is C16H27N3O2. The summed E-state index contributed by atoms with van der Waals surface area (Å²) in [6.45, 7) is 2.60. The summed E-state index contributed by atoms with van der Waals surface area (Å²) in [6, 6.07) is 8.31. The highest BCUT2D eigenvalue weighted by Crippen LogP contribution is 2.21. The van der Waals surface area contributed by atoms with Crippen molar-refractivity contribution in [3.63, 3.8) is 0 Å². The molecule has 0 aliphatic rings. The summed E-state index contributed by atoms with van der Waals surface area (Å²) in [5.74, 6) is 0.912. The predicted octanol–water partition coefficient (Wildman–Crippen LogP) is 1.02. The van der Waals surface area contributed by atoms with E-state index in [0.717, 1.165) is 17.7 Å². The molecule has 2 atom stereocenters. The number of carbonyl (C=O) groups is 1. The summed E-state index contributed by atoms with van der Waals surface area (Å²) in [4.78, 5) is 13.7. The number of hydrogen-bond donors (Lipinski definition) is 2. The van der Waals surface area contributed by atoms with Crippen LogP contribution in [-0.2, 0) is 11.2 Å². The summed E-state index contributed by atoms with van der Waals surface area (Å²) < 4.78 is 5.39. The Labute approximate surface area is 127 Å². The van der Waals surface area contributed by atoms with E-state index in [0.29, 0.717) is 13.0 Å². The third-order valence-electron chi connectivity index (χ3n) is 3.95. The highest BCUT2D eigenvalue weighted by molar-refractivity contribution is 5.76. The van der Waals surface area contributed by atoms with Gasteiger partial charge < -0.3 is 15.8 Å². The topological polar surface area (TPSA) is 67.6 Å². The normalized spacial score (nSPS) is 13.8. The van der Waals surface area contributed by atoms with Gasteiger partial charge in [-0.3, -0.25) is 9.69 Å². The lowest BCUT2D eigenvalue weighted by molar-refractivity contribution is -0.121. The smallest absolute Gasteiger partial charge is 0.221 e. The Balaban J connectivity index is 2.72. The fraction of sp³-hybridized carbons (Fsp3) is 0.562. The van der Waals surface area contributed by atoms with Gasteiger partial charge >= 0.3 is 0 Å². The Morgan fingerprint density at radius 3 is 2.67 bits per heavy atom. The van der Waals surface area contributed by atoms with Crippen LogP contribution in [0.2, 0.25) is 0 Å². The van der Waals surface area contributed by atoms with Crippen LogP contribution in [0.4, 0.5) is 0 Å². The van der Waals surface area contributed by atoms with E-state index >= 15 is 0 Å². The molecule has 0 saturated carbocycles. The second-order valence-corrected chi connectivity index (χ2v) is 5.30. The minimum atomic E-state index is 0.0155. The molecule has 5 heteroatoms. The second-order valence-electron chi connectivity index (χ2n) is 5.30. The van der Waals surface area contributed by atoms with Gasteiger partial charge in [-0.05, 0) is 32.0 Å². The Bertz CT molecular complexity index is 451. The molecule has 1 amide bonds. The number of benzene rings is 1. The zero-order chi connectivity index (χ0) is 15.8. The van der Waals surface area contributed by atoms with Crippen molar-refractivity contribution in [1.29, 1.82) is 0 Å². The first-order chi connectivity index (χ1) is 10.0.